The highest BCUT2D eigenvalue weighted by Gasteiger charge is 2.22. The maximum absolute atomic E-state index is 12.1. The number of methoxy groups -OCH3 is 1. The van der Waals surface area contributed by atoms with Crippen LogP contribution in [0.4, 0.5) is 5.69 Å². The van der Waals surface area contributed by atoms with Crippen LogP contribution >= 0.6 is 23.2 Å². The van der Waals surface area contributed by atoms with Crippen molar-refractivity contribution in [3.05, 3.63) is 22.2 Å². The standard InChI is InChI=1S/C15H19Cl2NO3/c1-9(21-11-5-3-4-6-11)15(19)18-10-7-12(16)14(20-2)13(17)8-10/h7-9,11H,3-6H2,1-2H3,(H,18,19)/t9-/m1/s1. The van der Waals surface area contributed by atoms with Crippen molar-refractivity contribution in [3.63, 3.8) is 0 Å². The lowest BCUT2D eigenvalue weighted by Crippen LogP contribution is -2.30. The Bertz CT molecular complexity index is 493. The van der Waals surface area contributed by atoms with Gasteiger partial charge in [0.2, 0.25) is 0 Å². The van der Waals surface area contributed by atoms with Gasteiger partial charge in [-0.2, -0.15) is 0 Å². The first-order valence-corrected chi connectivity index (χ1v) is 7.76. The molecule has 2 rings (SSSR count). The third-order valence-electron chi connectivity index (χ3n) is 3.54. The summed E-state index contributed by atoms with van der Waals surface area (Å²) in [5, 5.41) is 3.46. The highest BCUT2D eigenvalue weighted by molar-refractivity contribution is 6.37. The van der Waals surface area contributed by atoms with Gasteiger partial charge >= 0.3 is 0 Å². The summed E-state index contributed by atoms with van der Waals surface area (Å²) in [6, 6.07) is 3.21. The van der Waals surface area contributed by atoms with Crippen molar-refractivity contribution in [1.82, 2.24) is 0 Å². The molecule has 0 aromatic heterocycles. The van der Waals surface area contributed by atoms with Crippen molar-refractivity contribution < 1.29 is 14.3 Å². The van der Waals surface area contributed by atoms with E-state index < -0.39 is 6.10 Å². The molecule has 0 heterocycles. The van der Waals surface area contributed by atoms with Gasteiger partial charge in [-0.15, -0.1) is 0 Å². The monoisotopic (exact) mass is 331 g/mol. The number of benzene rings is 1. The summed E-state index contributed by atoms with van der Waals surface area (Å²) in [7, 11) is 1.49. The van der Waals surface area contributed by atoms with Gasteiger partial charge in [0.25, 0.3) is 5.91 Å². The number of hydrogen-bond donors (Lipinski definition) is 1. The summed E-state index contributed by atoms with van der Waals surface area (Å²) in [5.74, 6) is 0.186. The number of amides is 1. The van der Waals surface area contributed by atoms with Crippen LogP contribution in [0.1, 0.15) is 32.6 Å². The molecule has 0 unspecified atom stereocenters. The Hall–Kier alpha value is -0.970. The molecule has 1 amide bonds. The molecule has 1 aliphatic rings. The van der Waals surface area contributed by atoms with E-state index in [0.717, 1.165) is 12.8 Å². The van der Waals surface area contributed by atoms with Crippen LogP contribution in [-0.2, 0) is 9.53 Å². The van der Waals surface area contributed by atoms with Crippen molar-refractivity contribution in [3.8, 4) is 5.75 Å². The molecule has 0 saturated heterocycles. The maximum Gasteiger partial charge on any atom is 0.253 e. The van der Waals surface area contributed by atoms with Gasteiger partial charge in [0.15, 0.2) is 5.75 Å². The lowest BCUT2D eigenvalue weighted by Gasteiger charge is -2.18. The third-order valence-corrected chi connectivity index (χ3v) is 4.10. The first-order chi connectivity index (χ1) is 10.0. The van der Waals surface area contributed by atoms with E-state index in [1.54, 1.807) is 19.1 Å². The zero-order valence-electron chi connectivity index (χ0n) is 12.1. The van der Waals surface area contributed by atoms with E-state index in [-0.39, 0.29) is 12.0 Å². The first kappa shape index (κ1) is 16.4. The molecular formula is C15H19Cl2NO3. The molecular weight excluding hydrogens is 313 g/mol. The summed E-state index contributed by atoms with van der Waals surface area (Å²) in [4.78, 5) is 12.1. The minimum absolute atomic E-state index is 0.189. The van der Waals surface area contributed by atoms with E-state index in [1.165, 1.54) is 20.0 Å². The van der Waals surface area contributed by atoms with Gasteiger partial charge < -0.3 is 14.8 Å². The Labute approximate surface area is 134 Å². The molecule has 0 aliphatic heterocycles. The molecule has 1 aromatic rings. The quantitative estimate of drug-likeness (QED) is 0.875. The molecule has 1 aliphatic carbocycles. The number of carbonyl (C=O) groups excluding carboxylic acids is 1. The molecule has 1 atom stereocenters. The average molecular weight is 332 g/mol. The van der Waals surface area contributed by atoms with E-state index in [9.17, 15) is 4.79 Å². The van der Waals surface area contributed by atoms with Crippen LogP contribution < -0.4 is 10.1 Å². The van der Waals surface area contributed by atoms with Gasteiger partial charge in [-0.3, -0.25) is 4.79 Å². The number of rotatable bonds is 5. The van der Waals surface area contributed by atoms with Gasteiger partial charge in [0, 0.05) is 5.69 Å². The fourth-order valence-corrected chi connectivity index (χ4v) is 3.09. The lowest BCUT2D eigenvalue weighted by molar-refractivity contribution is -0.129. The molecule has 0 bridgehead atoms. The molecule has 0 spiro atoms. The minimum Gasteiger partial charge on any atom is -0.494 e. The van der Waals surface area contributed by atoms with Crippen LogP contribution in [0.15, 0.2) is 12.1 Å². The number of hydrogen-bond acceptors (Lipinski definition) is 3. The largest absolute Gasteiger partial charge is 0.494 e. The van der Waals surface area contributed by atoms with Crippen LogP contribution in [0.3, 0.4) is 0 Å². The molecule has 21 heavy (non-hydrogen) atoms. The average Bonchev–Trinajstić information content (AvgIpc) is 2.91. The van der Waals surface area contributed by atoms with Crippen LogP contribution in [0.5, 0.6) is 5.75 Å². The molecule has 6 heteroatoms. The Morgan fingerprint density at radius 1 is 1.29 bits per heavy atom. The summed E-state index contributed by atoms with van der Waals surface area (Å²) in [6.45, 7) is 1.75. The topological polar surface area (TPSA) is 47.6 Å². The predicted octanol–water partition coefficient (Wildman–Crippen LogP) is 4.29. The molecule has 0 radical (unpaired) electrons. The van der Waals surface area contributed by atoms with Crippen LogP contribution in [0.2, 0.25) is 10.0 Å². The third kappa shape index (κ3) is 4.25. The lowest BCUT2D eigenvalue weighted by atomic mass is 10.2. The van der Waals surface area contributed by atoms with Crippen LogP contribution in [-0.4, -0.2) is 25.2 Å². The second kappa shape index (κ2) is 7.34. The van der Waals surface area contributed by atoms with E-state index >= 15 is 0 Å². The summed E-state index contributed by atoms with van der Waals surface area (Å²) in [6.07, 6.45) is 4.07. The summed E-state index contributed by atoms with van der Waals surface area (Å²) < 4.78 is 10.8. The number of nitrogens with one attached hydrogen (secondary N) is 1. The highest BCUT2D eigenvalue weighted by atomic mass is 35.5. The fourth-order valence-electron chi connectivity index (χ4n) is 2.45. The molecule has 1 N–H and O–H groups in total. The Morgan fingerprint density at radius 2 is 1.86 bits per heavy atom. The number of carbonyl (C=O) groups is 1. The van der Waals surface area contributed by atoms with E-state index in [1.807, 2.05) is 0 Å². The Morgan fingerprint density at radius 3 is 2.38 bits per heavy atom. The predicted molar refractivity (Wildman–Crippen MR) is 84.4 cm³/mol. The van der Waals surface area contributed by atoms with E-state index in [0.29, 0.717) is 21.5 Å². The number of halogens is 2. The number of ether oxygens (including phenoxy) is 2. The van der Waals surface area contributed by atoms with Gasteiger partial charge in [-0.05, 0) is 31.9 Å². The van der Waals surface area contributed by atoms with E-state index in [2.05, 4.69) is 5.32 Å². The normalized spacial score (nSPS) is 16.8. The van der Waals surface area contributed by atoms with Gasteiger partial charge in [-0.25, -0.2) is 0 Å². The summed E-state index contributed by atoms with van der Waals surface area (Å²) >= 11 is 12.1. The first-order valence-electron chi connectivity index (χ1n) is 7.00. The molecule has 1 saturated carbocycles. The molecule has 1 aromatic carbocycles. The fraction of sp³-hybridized carbons (Fsp3) is 0.533. The van der Waals surface area contributed by atoms with Crippen molar-refractivity contribution >= 4 is 34.8 Å². The second-order valence-corrected chi connectivity index (χ2v) is 5.96. The molecule has 1 fully saturated rings. The SMILES string of the molecule is COc1c(Cl)cc(NC(=O)[C@@H](C)OC2CCCC2)cc1Cl. The zero-order chi connectivity index (χ0) is 15.4. The molecule has 116 valence electrons. The second-order valence-electron chi connectivity index (χ2n) is 5.15. The Balaban J connectivity index is 1.98. The summed E-state index contributed by atoms with van der Waals surface area (Å²) in [5.41, 5.74) is 0.526. The number of anilines is 1. The molecule has 4 nitrogen and oxygen atoms in total. The van der Waals surface area contributed by atoms with Crippen LogP contribution in [0.25, 0.3) is 0 Å². The van der Waals surface area contributed by atoms with E-state index in [4.69, 9.17) is 32.7 Å². The van der Waals surface area contributed by atoms with Gasteiger partial charge in [0.1, 0.15) is 6.10 Å². The van der Waals surface area contributed by atoms with Crippen molar-refractivity contribution in [2.75, 3.05) is 12.4 Å². The smallest absolute Gasteiger partial charge is 0.253 e. The van der Waals surface area contributed by atoms with Gasteiger partial charge in [0.05, 0.1) is 23.3 Å². The van der Waals surface area contributed by atoms with Gasteiger partial charge in [-0.1, -0.05) is 36.0 Å². The zero-order valence-corrected chi connectivity index (χ0v) is 13.6. The van der Waals surface area contributed by atoms with Crippen molar-refractivity contribution in [2.45, 2.75) is 44.8 Å². The van der Waals surface area contributed by atoms with Crippen molar-refractivity contribution in [2.24, 2.45) is 0 Å². The van der Waals surface area contributed by atoms with Crippen LogP contribution in [0, 0.1) is 0 Å². The highest BCUT2D eigenvalue weighted by Crippen LogP contribution is 2.35. The Kier molecular flexibility index (Phi) is 5.73. The minimum atomic E-state index is -0.507. The maximum atomic E-state index is 12.1. The van der Waals surface area contributed by atoms with Crippen molar-refractivity contribution in [1.29, 1.82) is 0 Å².